The molecule has 0 saturated heterocycles. The van der Waals surface area contributed by atoms with E-state index in [0.717, 1.165) is 16.8 Å². The smallest absolute Gasteiger partial charge is 0.279 e. The maximum atomic E-state index is 12.1. The Morgan fingerprint density at radius 1 is 1.18 bits per heavy atom. The van der Waals surface area contributed by atoms with Gasteiger partial charge in [-0.3, -0.25) is 4.79 Å². The van der Waals surface area contributed by atoms with Gasteiger partial charge in [-0.05, 0) is 43.7 Å². The molecule has 116 valence electrons. The number of hydrogen-bond donors (Lipinski definition) is 2. The van der Waals surface area contributed by atoms with E-state index < -0.39 is 0 Å². The van der Waals surface area contributed by atoms with Crippen LogP contribution in [-0.2, 0) is 4.79 Å². The van der Waals surface area contributed by atoms with Crippen molar-refractivity contribution in [3.63, 3.8) is 0 Å². The van der Waals surface area contributed by atoms with Crippen molar-refractivity contribution in [2.24, 2.45) is 0 Å². The van der Waals surface area contributed by atoms with E-state index in [4.69, 9.17) is 23.2 Å². The number of benzene rings is 2. The quantitative estimate of drug-likeness (QED) is 0.860. The predicted molar refractivity (Wildman–Crippen MR) is 91.5 cm³/mol. The molecule has 0 fully saturated rings. The second-order valence-electron chi connectivity index (χ2n) is 5.24. The SMILES string of the molecule is Cc1c(Cl)cccc1NC(=O)C[NH2+][C@@H](C)c1ccc(Cl)cc1. The molecule has 0 unspecified atom stereocenters. The Bertz CT molecular complexity index is 656. The van der Waals surface area contributed by atoms with Crippen LogP contribution in [0.15, 0.2) is 42.5 Å². The molecule has 3 nitrogen and oxygen atoms in total. The Hall–Kier alpha value is -1.55. The van der Waals surface area contributed by atoms with E-state index in [2.05, 4.69) is 12.2 Å². The molecule has 0 saturated carbocycles. The van der Waals surface area contributed by atoms with Crippen molar-refractivity contribution in [2.75, 3.05) is 11.9 Å². The molecule has 0 aliphatic carbocycles. The van der Waals surface area contributed by atoms with Crippen LogP contribution in [0.1, 0.15) is 24.1 Å². The van der Waals surface area contributed by atoms with Crippen molar-refractivity contribution in [3.05, 3.63) is 63.6 Å². The molecule has 2 rings (SSSR count). The van der Waals surface area contributed by atoms with Gasteiger partial charge in [0.2, 0.25) is 0 Å². The van der Waals surface area contributed by atoms with Crippen LogP contribution in [0.25, 0.3) is 0 Å². The summed E-state index contributed by atoms with van der Waals surface area (Å²) in [5.41, 5.74) is 2.77. The minimum Gasteiger partial charge on any atom is -0.333 e. The highest BCUT2D eigenvalue weighted by molar-refractivity contribution is 6.31. The van der Waals surface area contributed by atoms with Gasteiger partial charge >= 0.3 is 0 Å². The highest BCUT2D eigenvalue weighted by Crippen LogP contribution is 2.22. The van der Waals surface area contributed by atoms with Crippen molar-refractivity contribution < 1.29 is 10.1 Å². The van der Waals surface area contributed by atoms with E-state index in [1.165, 1.54) is 0 Å². The minimum atomic E-state index is -0.0498. The van der Waals surface area contributed by atoms with Crippen molar-refractivity contribution in [2.45, 2.75) is 19.9 Å². The zero-order chi connectivity index (χ0) is 16.1. The van der Waals surface area contributed by atoms with Gasteiger partial charge in [-0.2, -0.15) is 0 Å². The third-order valence-electron chi connectivity index (χ3n) is 3.59. The maximum absolute atomic E-state index is 12.1. The summed E-state index contributed by atoms with van der Waals surface area (Å²) in [5, 5.41) is 6.24. The van der Waals surface area contributed by atoms with Crippen molar-refractivity contribution in [3.8, 4) is 0 Å². The maximum Gasteiger partial charge on any atom is 0.279 e. The van der Waals surface area contributed by atoms with Gasteiger partial charge in [0.1, 0.15) is 6.04 Å². The van der Waals surface area contributed by atoms with Gasteiger partial charge in [0.25, 0.3) is 5.91 Å². The largest absolute Gasteiger partial charge is 0.333 e. The molecule has 0 bridgehead atoms. The van der Waals surface area contributed by atoms with E-state index in [-0.39, 0.29) is 11.9 Å². The lowest BCUT2D eigenvalue weighted by molar-refractivity contribution is -0.682. The molecule has 22 heavy (non-hydrogen) atoms. The van der Waals surface area contributed by atoms with Crippen LogP contribution in [0.2, 0.25) is 10.0 Å². The summed E-state index contributed by atoms with van der Waals surface area (Å²) in [5.74, 6) is -0.0498. The molecule has 0 aromatic heterocycles. The summed E-state index contributed by atoms with van der Waals surface area (Å²) in [6, 6.07) is 13.3. The highest BCUT2D eigenvalue weighted by atomic mass is 35.5. The standard InChI is InChI=1S/C17H18Cl2N2O/c1-11-15(19)4-3-5-16(11)21-17(22)10-20-12(2)13-6-8-14(18)9-7-13/h3-9,12,20H,10H2,1-2H3,(H,21,22)/p+1/t12-/m0/s1. The molecule has 0 aliphatic heterocycles. The van der Waals surface area contributed by atoms with Crippen molar-refractivity contribution in [1.82, 2.24) is 0 Å². The molecule has 0 radical (unpaired) electrons. The average Bonchev–Trinajstić information content (AvgIpc) is 2.50. The molecule has 1 amide bonds. The molecule has 3 N–H and O–H groups in total. The van der Waals surface area contributed by atoms with Crippen molar-refractivity contribution in [1.29, 1.82) is 0 Å². The molecule has 0 heterocycles. The average molecular weight is 338 g/mol. The van der Waals surface area contributed by atoms with E-state index in [1.807, 2.05) is 48.6 Å². The Morgan fingerprint density at radius 3 is 2.55 bits per heavy atom. The Kier molecular flexibility index (Phi) is 5.83. The lowest BCUT2D eigenvalue weighted by Crippen LogP contribution is -2.86. The van der Waals surface area contributed by atoms with Crippen molar-refractivity contribution >= 4 is 34.8 Å². The number of carbonyl (C=O) groups is 1. The molecule has 0 spiro atoms. The zero-order valence-corrected chi connectivity index (χ0v) is 14.1. The van der Waals surface area contributed by atoms with Crippen LogP contribution < -0.4 is 10.6 Å². The topological polar surface area (TPSA) is 45.7 Å². The Balaban J connectivity index is 1.90. The van der Waals surface area contributed by atoms with Crippen LogP contribution in [-0.4, -0.2) is 12.5 Å². The number of nitrogens with two attached hydrogens (primary N) is 1. The van der Waals surface area contributed by atoms with Crippen LogP contribution in [0.5, 0.6) is 0 Å². The molecule has 2 aromatic rings. The number of carbonyl (C=O) groups excluding carboxylic acids is 1. The lowest BCUT2D eigenvalue weighted by Gasteiger charge is -2.12. The number of nitrogens with one attached hydrogen (secondary N) is 1. The molecule has 5 heteroatoms. The minimum absolute atomic E-state index is 0.0498. The van der Waals surface area contributed by atoms with E-state index in [0.29, 0.717) is 16.6 Å². The van der Waals surface area contributed by atoms with E-state index in [9.17, 15) is 4.79 Å². The first kappa shape index (κ1) is 16.8. The predicted octanol–water partition coefficient (Wildman–Crippen LogP) is 3.56. The number of rotatable bonds is 5. The summed E-state index contributed by atoms with van der Waals surface area (Å²) in [6.45, 7) is 4.29. The van der Waals surface area contributed by atoms with Gasteiger partial charge in [0, 0.05) is 21.3 Å². The molecular formula is C17H19Cl2N2O+. The first-order valence-corrected chi connectivity index (χ1v) is 7.86. The summed E-state index contributed by atoms with van der Waals surface area (Å²) >= 11 is 11.9. The Morgan fingerprint density at radius 2 is 1.86 bits per heavy atom. The van der Waals surface area contributed by atoms with Crippen LogP contribution in [0, 0.1) is 6.92 Å². The van der Waals surface area contributed by atoms with Gasteiger partial charge in [0.05, 0.1) is 0 Å². The van der Waals surface area contributed by atoms with E-state index in [1.54, 1.807) is 6.07 Å². The molecule has 2 aromatic carbocycles. The van der Waals surface area contributed by atoms with E-state index >= 15 is 0 Å². The molecule has 1 atom stereocenters. The second kappa shape index (κ2) is 7.63. The summed E-state index contributed by atoms with van der Waals surface area (Å²) in [7, 11) is 0. The van der Waals surface area contributed by atoms with Gasteiger partial charge in [-0.25, -0.2) is 0 Å². The number of anilines is 1. The third kappa shape index (κ3) is 4.47. The number of amides is 1. The zero-order valence-electron chi connectivity index (χ0n) is 12.6. The van der Waals surface area contributed by atoms with Gasteiger partial charge < -0.3 is 10.6 Å². The molecular weight excluding hydrogens is 319 g/mol. The number of halogens is 2. The lowest BCUT2D eigenvalue weighted by atomic mass is 10.1. The summed E-state index contributed by atoms with van der Waals surface area (Å²) in [6.07, 6.45) is 0. The van der Waals surface area contributed by atoms with Gasteiger partial charge in [-0.15, -0.1) is 0 Å². The van der Waals surface area contributed by atoms with Crippen LogP contribution in [0.3, 0.4) is 0 Å². The van der Waals surface area contributed by atoms with Gasteiger partial charge in [0.15, 0.2) is 6.54 Å². The highest BCUT2D eigenvalue weighted by Gasteiger charge is 2.12. The second-order valence-corrected chi connectivity index (χ2v) is 6.08. The molecule has 0 aliphatic rings. The summed E-state index contributed by atoms with van der Waals surface area (Å²) < 4.78 is 0. The Labute approximate surface area is 140 Å². The first-order valence-electron chi connectivity index (χ1n) is 7.11. The fourth-order valence-electron chi connectivity index (χ4n) is 2.13. The fraction of sp³-hybridized carbons (Fsp3) is 0.235. The first-order chi connectivity index (χ1) is 10.5. The number of quaternary nitrogens is 1. The number of hydrogen-bond acceptors (Lipinski definition) is 1. The fourth-order valence-corrected chi connectivity index (χ4v) is 2.43. The van der Waals surface area contributed by atoms with Crippen LogP contribution >= 0.6 is 23.2 Å². The monoisotopic (exact) mass is 337 g/mol. The third-order valence-corrected chi connectivity index (χ3v) is 4.26. The van der Waals surface area contributed by atoms with Gasteiger partial charge in [-0.1, -0.05) is 41.4 Å². The summed E-state index contributed by atoms with van der Waals surface area (Å²) in [4.78, 5) is 12.1. The van der Waals surface area contributed by atoms with Crippen LogP contribution in [0.4, 0.5) is 5.69 Å². The normalized spacial score (nSPS) is 12.0.